The van der Waals surface area contributed by atoms with Crippen LogP contribution in [0.1, 0.15) is 75.2 Å². The Kier molecular flexibility index (Phi) is 10.4. The number of urea groups is 1. The quantitative estimate of drug-likeness (QED) is 0.245. The number of nitrogens with zero attached hydrogens (tertiary/aromatic N) is 3. The number of nitrogens with two attached hydrogens (primary N) is 1. The third-order valence-electron chi connectivity index (χ3n) is 9.77. The second kappa shape index (κ2) is 12.8. The van der Waals surface area contributed by atoms with Crippen molar-refractivity contribution in [1.82, 2.24) is 29.5 Å². The molecule has 14 nitrogen and oxygen atoms in total. The maximum atomic E-state index is 14.2. The molecule has 2 saturated heterocycles. The fraction of sp³-hybridized carbons (Fsp3) is 0.833. The highest BCUT2D eigenvalue weighted by atomic mass is 32.2. The minimum Gasteiger partial charge on any atom is -0.363 e. The van der Waals surface area contributed by atoms with Crippen LogP contribution in [0.5, 0.6) is 0 Å². The molecule has 0 spiro atoms. The Morgan fingerprint density at radius 3 is 2.07 bits per heavy atom. The summed E-state index contributed by atoms with van der Waals surface area (Å²) in [7, 11) is -2.13. The summed E-state index contributed by atoms with van der Waals surface area (Å²) < 4.78 is 28.5. The first-order chi connectivity index (χ1) is 20.5. The lowest BCUT2D eigenvalue weighted by Crippen LogP contribution is -2.63. The molecule has 5 amide bonds. The van der Waals surface area contributed by atoms with Gasteiger partial charge in [0.15, 0.2) is 0 Å². The van der Waals surface area contributed by atoms with Crippen LogP contribution in [0.25, 0.3) is 0 Å². The number of rotatable bonds is 10. The third kappa shape index (κ3) is 7.62. The number of hydrogen-bond donors (Lipinski definition) is 4. The molecular formula is C30H53N7O7S. The van der Waals surface area contributed by atoms with Crippen molar-refractivity contribution < 1.29 is 32.4 Å². The second-order valence-electron chi connectivity index (χ2n) is 15.5. The Bertz CT molecular complexity index is 1300. The molecule has 2 heterocycles. The average Bonchev–Trinajstić information content (AvgIpc) is 3.22. The smallest absolute Gasteiger partial charge is 0.315 e. The van der Waals surface area contributed by atoms with Crippen LogP contribution < -0.4 is 21.7 Å². The molecule has 1 aliphatic carbocycles. The maximum Gasteiger partial charge on any atom is 0.315 e. The van der Waals surface area contributed by atoms with E-state index in [-0.39, 0.29) is 30.2 Å². The van der Waals surface area contributed by atoms with E-state index in [1.165, 1.54) is 20.6 Å². The van der Waals surface area contributed by atoms with Crippen molar-refractivity contribution in [2.45, 2.75) is 99.3 Å². The van der Waals surface area contributed by atoms with Gasteiger partial charge in [-0.1, -0.05) is 62.3 Å². The molecule has 3 rings (SSSR count). The fourth-order valence-electron chi connectivity index (χ4n) is 6.56. The Morgan fingerprint density at radius 2 is 1.56 bits per heavy atom. The molecule has 0 aromatic carbocycles. The molecule has 0 aromatic heterocycles. The van der Waals surface area contributed by atoms with Crippen LogP contribution in [-0.2, 0) is 29.4 Å². The normalized spacial score (nSPS) is 26.6. The minimum atomic E-state index is -3.66. The molecule has 0 aromatic rings. The molecule has 6 atom stereocenters. The number of ketones is 1. The van der Waals surface area contributed by atoms with Crippen LogP contribution >= 0.6 is 0 Å². The van der Waals surface area contributed by atoms with Gasteiger partial charge in [-0.05, 0) is 40.9 Å². The van der Waals surface area contributed by atoms with E-state index in [4.69, 9.17) is 5.73 Å². The zero-order chi connectivity index (χ0) is 34.4. The largest absolute Gasteiger partial charge is 0.363 e. The lowest BCUT2D eigenvalue weighted by molar-refractivity contribution is -0.145. The SMILES string of the molecule is CCC(NC(=O)[C@@H]1[C@@H]2[C@H](CN1C(=O)[C@@H](NC(=O)N[C@H](CN1CCCN(C)S1(=O)=O)C(C)(C)C)C(C)(C)C)C2(C)C)C(=O)C(N)=O. The summed E-state index contributed by atoms with van der Waals surface area (Å²) in [4.78, 5) is 66.7. The standard InChI is InChI=1S/C30H53N7O7S/c1-11-18(22(38)24(31)39)32-25(40)21-20-17(30(20,8)9)15-37(21)26(41)23(29(5,6)7)34-27(42)33-19(28(2,3)4)16-36-14-12-13-35(10)45(36,43)44/h17-21,23H,11-16H2,1-10H3,(H2,31,39)(H,32,40)(H2,33,34,42)/t17-,18?,19+,20-,21-,23+/m0/s1. The number of carbonyl (C=O) groups is 5. The Hall–Kier alpha value is -2.78. The van der Waals surface area contributed by atoms with E-state index in [0.29, 0.717) is 26.1 Å². The van der Waals surface area contributed by atoms with Crippen molar-refractivity contribution >= 4 is 39.7 Å². The molecule has 0 bridgehead atoms. The molecule has 3 aliphatic rings. The summed E-state index contributed by atoms with van der Waals surface area (Å²) in [6, 6.07) is -4.25. The Morgan fingerprint density at radius 1 is 0.956 bits per heavy atom. The molecular weight excluding hydrogens is 602 g/mol. The van der Waals surface area contributed by atoms with Crippen LogP contribution in [-0.4, -0.2) is 109 Å². The van der Waals surface area contributed by atoms with Gasteiger partial charge in [-0.15, -0.1) is 0 Å². The first-order valence-corrected chi connectivity index (χ1v) is 17.1. The minimum absolute atomic E-state index is 0.0495. The monoisotopic (exact) mass is 655 g/mol. The number of amides is 5. The molecule has 0 radical (unpaired) electrons. The summed E-state index contributed by atoms with van der Waals surface area (Å²) in [5.74, 6) is -3.15. The topological polar surface area (TPSA) is 191 Å². The van der Waals surface area contributed by atoms with Crippen LogP contribution in [0.15, 0.2) is 0 Å². The van der Waals surface area contributed by atoms with Crippen molar-refractivity contribution in [2.75, 3.05) is 33.2 Å². The van der Waals surface area contributed by atoms with Gasteiger partial charge >= 0.3 is 6.03 Å². The second-order valence-corrected chi connectivity index (χ2v) is 17.5. The third-order valence-corrected chi connectivity index (χ3v) is 11.7. The molecule has 15 heteroatoms. The number of primary amides is 1. The van der Waals surface area contributed by atoms with Crippen LogP contribution in [0, 0.1) is 28.1 Å². The zero-order valence-electron chi connectivity index (χ0n) is 28.4. The highest BCUT2D eigenvalue weighted by Gasteiger charge is 2.70. The molecule has 5 N–H and O–H groups in total. The van der Waals surface area contributed by atoms with Gasteiger partial charge in [0.2, 0.25) is 17.6 Å². The number of carbonyl (C=O) groups excluding carboxylic acids is 5. The van der Waals surface area contributed by atoms with Crippen LogP contribution in [0.4, 0.5) is 4.79 Å². The van der Waals surface area contributed by atoms with Gasteiger partial charge < -0.3 is 26.6 Å². The predicted octanol–water partition coefficient (Wildman–Crippen LogP) is 0.430. The average molecular weight is 656 g/mol. The van der Waals surface area contributed by atoms with Crippen molar-refractivity contribution in [3.05, 3.63) is 0 Å². The summed E-state index contributed by atoms with van der Waals surface area (Å²) in [6.45, 7) is 18.0. The Labute approximate surface area is 267 Å². The molecule has 1 unspecified atom stereocenters. The highest BCUT2D eigenvalue weighted by molar-refractivity contribution is 7.86. The molecule has 2 aliphatic heterocycles. The summed E-state index contributed by atoms with van der Waals surface area (Å²) in [5, 5.41) is 8.39. The molecule has 256 valence electrons. The number of hydrogen-bond acceptors (Lipinski definition) is 7. The lowest BCUT2D eigenvalue weighted by Gasteiger charge is -2.40. The van der Waals surface area contributed by atoms with Gasteiger partial charge in [-0.25, -0.2) is 4.79 Å². The molecule has 3 fully saturated rings. The van der Waals surface area contributed by atoms with E-state index in [1.54, 1.807) is 6.92 Å². The van der Waals surface area contributed by atoms with E-state index in [1.807, 2.05) is 55.4 Å². The van der Waals surface area contributed by atoms with Gasteiger partial charge in [0.25, 0.3) is 16.1 Å². The van der Waals surface area contributed by atoms with Gasteiger partial charge in [0, 0.05) is 39.3 Å². The van der Waals surface area contributed by atoms with Crippen LogP contribution in [0.2, 0.25) is 0 Å². The van der Waals surface area contributed by atoms with E-state index in [0.717, 1.165) is 0 Å². The van der Waals surface area contributed by atoms with Gasteiger partial charge in [0.1, 0.15) is 12.1 Å². The van der Waals surface area contributed by atoms with Gasteiger partial charge in [-0.3, -0.25) is 19.2 Å². The van der Waals surface area contributed by atoms with E-state index < -0.39 is 74.7 Å². The first kappa shape index (κ1) is 36.7. The van der Waals surface area contributed by atoms with Crippen LogP contribution in [0.3, 0.4) is 0 Å². The van der Waals surface area contributed by atoms with Gasteiger partial charge in [-0.2, -0.15) is 17.0 Å². The first-order valence-electron chi connectivity index (χ1n) is 15.7. The number of likely N-dealkylation sites (tertiary alicyclic amines) is 1. The lowest BCUT2D eigenvalue weighted by atomic mass is 9.85. The summed E-state index contributed by atoms with van der Waals surface area (Å²) in [6.07, 6.45) is 0.820. The zero-order valence-corrected chi connectivity index (χ0v) is 29.2. The Balaban J connectivity index is 1.82. The van der Waals surface area contributed by atoms with E-state index in [9.17, 15) is 32.4 Å². The number of Topliss-reactive ketones (excluding diaryl/α,β-unsaturated/α-hetero) is 1. The van der Waals surface area contributed by atoms with Crippen molar-refractivity contribution in [3.8, 4) is 0 Å². The van der Waals surface area contributed by atoms with Crippen molar-refractivity contribution in [1.29, 1.82) is 0 Å². The number of nitrogens with one attached hydrogen (secondary N) is 3. The predicted molar refractivity (Wildman–Crippen MR) is 169 cm³/mol. The fourth-order valence-corrected chi connectivity index (χ4v) is 8.01. The molecule has 1 saturated carbocycles. The summed E-state index contributed by atoms with van der Waals surface area (Å²) >= 11 is 0. The summed E-state index contributed by atoms with van der Waals surface area (Å²) in [5.41, 5.74) is 3.69. The van der Waals surface area contributed by atoms with E-state index >= 15 is 0 Å². The van der Waals surface area contributed by atoms with Crippen molar-refractivity contribution in [3.63, 3.8) is 0 Å². The maximum absolute atomic E-state index is 14.2. The molecule has 45 heavy (non-hydrogen) atoms. The van der Waals surface area contributed by atoms with E-state index in [2.05, 4.69) is 16.0 Å². The number of piperidine rings is 1. The number of fused-ring (bicyclic) bond motifs is 1. The van der Waals surface area contributed by atoms with Crippen molar-refractivity contribution in [2.24, 2.45) is 33.8 Å². The highest BCUT2D eigenvalue weighted by Crippen LogP contribution is 2.65. The van der Waals surface area contributed by atoms with Gasteiger partial charge in [0.05, 0.1) is 6.04 Å².